The van der Waals surface area contributed by atoms with Gasteiger partial charge in [0.05, 0.1) is 29.2 Å². The highest BCUT2D eigenvalue weighted by Gasteiger charge is 2.30. The summed E-state index contributed by atoms with van der Waals surface area (Å²) in [7, 11) is 1.80. The Bertz CT molecular complexity index is 1100. The molecule has 8 nitrogen and oxygen atoms in total. The monoisotopic (exact) mass is 478 g/mol. The van der Waals surface area contributed by atoms with Crippen molar-refractivity contribution in [3.63, 3.8) is 0 Å². The van der Waals surface area contributed by atoms with Crippen LogP contribution in [-0.2, 0) is 11.8 Å². The molecule has 1 saturated heterocycles. The molecule has 33 heavy (non-hydrogen) atoms. The highest BCUT2D eigenvalue weighted by molar-refractivity contribution is 7.18. The van der Waals surface area contributed by atoms with Crippen LogP contribution in [0.4, 0.5) is 19.5 Å². The maximum absolute atomic E-state index is 14.2. The van der Waals surface area contributed by atoms with Gasteiger partial charge in [-0.3, -0.25) is 4.68 Å². The van der Waals surface area contributed by atoms with Crippen LogP contribution in [0.3, 0.4) is 0 Å². The van der Waals surface area contributed by atoms with Gasteiger partial charge in [0.25, 0.3) is 0 Å². The lowest BCUT2D eigenvalue weighted by molar-refractivity contribution is -0.0155. The highest BCUT2D eigenvalue weighted by atomic mass is 32.1. The fourth-order valence-corrected chi connectivity index (χ4v) is 5.06. The van der Waals surface area contributed by atoms with Gasteiger partial charge in [-0.05, 0) is 37.8 Å². The molecule has 3 aromatic rings. The third-order valence-electron chi connectivity index (χ3n) is 5.88. The van der Waals surface area contributed by atoms with Crippen LogP contribution in [0.25, 0.3) is 10.6 Å². The summed E-state index contributed by atoms with van der Waals surface area (Å²) < 4.78 is 36.4. The van der Waals surface area contributed by atoms with E-state index in [4.69, 9.17) is 16.2 Å². The van der Waals surface area contributed by atoms with E-state index in [9.17, 15) is 13.9 Å². The zero-order valence-corrected chi connectivity index (χ0v) is 19.3. The summed E-state index contributed by atoms with van der Waals surface area (Å²) in [6.07, 6.45) is 3.23. The van der Waals surface area contributed by atoms with E-state index in [0.29, 0.717) is 5.69 Å². The first-order valence-electron chi connectivity index (χ1n) is 10.9. The normalized spacial score (nSPS) is 22.2. The predicted molar refractivity (Wildman–Crippen MR) is 123 cm³/mol. The largest absolute Gasteiger partial charge is 0.389 e. The molecule has 0 radical (unpaired) electrons. The van der Waals surface area contributed by atoms with Crippen molar-refractivity contribution in [1.82, 2.24) is 14.8 Å². The van der Waals surface area contributed by atoms with Crippen molar-refractivity contribution >= 4 is 22.0 Å². The van der Waals surface area contributed by atoms with Gasteiger partial charge in [0.2, 0.25) is 0 Å². The second-order valence-corrected chi connectivity index (χ2v) is 9.24. The molecule has 6 N–H and O–H groups in total. The lowest BCUT2D eigenvalue weighted by atomic mass is 10.0. The summed E-state index contributed by atoms with van der Waals surface area (Å²) in [4.78, 5) is 4.22. The van der Waals surface area contributed by atoms with Gasteiger partial charge in [-0.2, -0.15) is 5.10 Å². The molecule has 2 unspecified atom stereocenters. The number of hydrogen-bond donors (Lipinski definition) is 4. The van der Waals surface area contributed by atoms with Gasteiger partial charge in [-0.25, -0.2) is 13.8 Å². The molecule has 11 heteroatoms. The fourth-order valence-electron chi connectivity index (χ4n) is 4.15. The number of nitrogen functional groups attached to an aromatic ring is 1. The number of halogens is 2. The standard InChI is InChI=1S/C22H28F2N6O2S/c1-3-12-9-11(25)7-8-16(32-12)19-15(10-27-30(19)2)28-21(31)18-20(26)33-22(29-18)17-13(23)5-4-6-14(17)24/h4-6,10-12,16,21,28,31H,3,7-9,25-26H2,1-2H3/t11?,12-,16-,21?/m1/s1. The van der Waals surface area contributed by atoms with E-state index in [1.54, 1.807) is 17.9 Å². The predicted octanol–water partition coefficient (Wildman–Crippen LogP) is 3.85. The summed E-state index contributed by atoms with van der Waals surface area (Å²) in [6.45, 7) is 2.06. The molecule has 178 valence electrons. The summed E-state index contributed by atoms with van der Waals surface area (Å²) in [6, 6.07) is 3.64. The van der Waals surface area contributed by atoms with Crippen molar-refractivity contribution in [2.24, 2.45) is 12.8 Å². The van der Waals surface area contributed by atoms with Crippen LogP contribution in [0.5, 0.6) is 0 Å². The summed E-state index contributed by atoms with van der Waals surface area (Å²) >= 11 is 0.906. The average Bonchev–Trinajstić information content (AvgIpc) is 3.26. The van der Waals surface area contributed by atoms with Gasteiger partial charge < -0.3 is 26.6 Å². The Kier molecular flexibility index (Phi) is 6.94. The number of aryl methyl sites for hydroxylation is 1. The van der Waals surface area contributed by atoms with Crippen molar-refractivity contribution in [1.29, 1.82) is 0 Å². The number of ether oxygens (including phenoxy) is 1. The molecule has 0 aliphatic carbocycles. The van der Waals surface area contributed by atoms with Crippen LogP contribution in [0.2, 0.25) is 0 Å². The summed E-state index contributed by atoms with van der Waals surface area (Å²) in [5.74, 6) is -1.50. The number of rotatable bonds is 6. The molecule has 0 saturated carbocycles. The smallest absolute Gasteiger partial charge is 0.171 e. The van der Waals surface area contributed by atoms with Gasteiger partial charge in [0.1, 0.15) is 33.4 Å². The summed E-state index contributed by atoms with van der Waals surface area (Å²) in [5.41, 5.74) is 13.4. The van der Waals surface area contributed by atoms with Crippen molar-refractivity contribution < 1.29 is 18.6 Å². The second kappa shape index (κ2) is 9.72. The Labute approximate surface area is 194 Å². The molecule has 4 atom stereocenters. The van der Waals surface area contributed by atoms with Gasteiger partial charge >= 0.3 is 0 Å². The number of anilines is 2. The zero-order valence-electron chi connectivity index (χ0n) is 18.5. The second-order valence-electron chi connectivity index (χ2n) is 8.21. The molecule has 3 heterocycles. The molecule has 1 aliphatic rings. The lowest BCUT2D eigenvalue weighted by Gasteiger charge is -2.23. The van der Waals surface area contributed by atoms with Crippen LogP contribution in [0, 0.1) is 11.6 Å². The number of aromatic nitrogens is 3. The number of aliphatic hydroxyl groups is 1. The number of nitrogens with one attached hydrogen (secondary N) is 1. The van der Waals surface area contributed by atoms with Gasteiger partial charge in [-0.1, -0.05) is 24.3 Å². The number of thiazole rings is 1. The molecule has 1 aromatic carbocycles. The first-order chi connectivity index (χ1) is 15.8. The first-order valence-corrected chi connectivity index (χ1v) is 11.7. The van der Waals surface area contributed by atoms with E-state index in [-0.39, 0.29) is 39.5 Å². The molecule has 0 amide bonds. The van der Waals surface area contributed by atoms with Crippen LogP contribution >= 0.6 is 11.3 Å². The number of hydrogen-bond acceptors (Lipinski definition) is 8. The van der Waals surface area contributed by atoms with Crippen molar-refractivity contribution in [3.8, 4) is 10.6 Å². The molecular formula is C22H28F2N6O2S. The van der Waals surface area contributed by atoms with E-state index in [1.165, 1.54) is 6.07 Å². The van der Waals surface area contributed by atoms with E-state index in [2.05, 4.69) is 22.3 Å². The van der Waals surface area contributed by atoms with Crippen LogP contribution < -0.4 is 16.8 Å². The topological polar surface area (TPSA) is 124 Å². The number of nitrogens with zero attached hydrogens (tertiary/aromatic N) is 3. The SMILES string of the molecule is CC[C@@H]1CC(N)CC[C@H](c2c(NC(O)c3nc(-c4c(F)cccc4F)sc3N)cnn2C)O1. The Hall–Kier alpha value is -2.60. The number of nitrogens with two attached hydrogens (primary N) is 2. The average molecular weight is 479 g/mol. The maximum Gasteiger partial charge on any atom is 0.171 e. The molecule has 1 aliphatic heterocycles. The quantitative estimate of drug-likeness (QED) is 0.397. The highest BCUT2D eigenvalue weighted by Crippen LogP contribution is 2.38. The third-order valence-corrected chi connectivity index (χ3v) is 6.79. The van der Waals surface area contributed by atoms with Crippen molar-refractivity contribution in [2.45, 2.75) is 57.1 Å². The third kappa shape index (κ3) is 4.86. The number of aliphatic hydroxyl groups excluding tert-OH is 1. The maximum atomic E-state index is 14.2. The van der Waals surface area contributed by atoms with Gasteiger partial charge in [0.15, 0.2) is 6.23 Å². The van der Waals surface area contributed by atoms with E-state index in [1.807, 2.05) is 0 Å². The number of benzene rings is 1. The van der Waals surface area contributed by atoms with Gasteiger partial charge in [-0.15, -0.1) is 0 Å². The van der Waals surface area contributed by atoms with E-state index < -0.39 is 17.9 Å². The lowest BCUT2D eigenvalue weighted by Crippen LogP contribution is -2.24. The van der Waals surface area contributed by atoms with Crippen LogP contribution in [0.15, 0.2) is 24.4 Å². The minimum Gasteiger partial charge on any atom is -0.389 e. The van der Waals surface area contributed by atoms with Crippen molar-refractivity contribution in [2.75, 3.05) is 11.1 Å². The fraction of sp³-hybridized carbons (Fsp3) is 0.455. The Morgan fingerprint density at radius 2 is 2.06 bits per heavy atom. The Morgan fingerprint density at radius 1 is 1.33 bits per heavy atom. The molecular weight excluding hydrogens is 450 g/mol. The molecule has 1 fully saturated rings. The minimum absolute atomic E-state index is 0.0348. The minimum atomic E-state index is -1.32. The van der Waals surface area contributed by atoms with E-state index in [0.717, 1.165) is 54.8 Å². The van der Waals surface area contributed by atoms with E-state index >= 15 is 0 Å². The molecule has 4 rings (SSSR count). The molecule has 2 aromatic heterocycles. The molecule has 0 bridgehead atoms. The Morgan fingerprint density at radius 3 is 2.76 bits per heavy atom. The van der Waals surface area contributed by atoms with Crippen LogP contribution in [-0.4, -0.2) is 32.0 Å². The summed E-state index contributed by atoms with van der Waals surface area (Å²) in [5, 5.41) is 18.4. The van der Waals surface area contributed by atoms with Crippen molar-refractivity contribution in [3.05, 3.63) is 47.4 Å². The Balaban J connectivity index is 1.59. The van der Waals surface area contributed by atoms with Crippen LogP contribution in [0.1, 0.15) is 56.3 Å². The zero-order chi connectivity index (χ0) is 23.7. The first kappa shape index (κ1) is 23.6. The van der Waals surface area contributed by atoms with Gasteiger partial charge in [0, 0.05) is 13.1 Å². The molecule has 0 spiro atoms.